The van der Waals surface area contributed by atoms with Crippen LogP contribution in [-0.2, 0) is 6.54 Å². The molecule has 0 amide bonds. The molecule has 0 bridgehead atoms. The van der Waals surface area contributed by atoms with Gasteiger partial charge in [0.2, 0.25) is 0 Å². The molecule has 1 fully saturated rings. The van der Waals surface area contributed by atoms with Gasteiger partial charge in [0.05, 0.1) is 0 Å². The van der Waals surface area contributed by atoms with Crippen LogP contribution in [0.1, 0.15) is 18.4 Å². The number of piperidine rings is 1. The second-order valence-corrected chi connectivity index (χ2v) is 7.68. The topological polar surface area (TPSA) is 21.7 Å². The van der Waals surface area contributed by atoms with Crippen molar-refractivity contribution in [2.24, 2.45) is 0 Å². The van der Waals surface area contributed by atoms with Crippen molar-refractivity contribution in [3.05, 3.63) is 84.4 Å². The van der Waals surface area contributed by atoms with Gasteiger partial charge in [0, 0.05) is 19.6 Å². The summed E-state index contributed by atoms with van der Waals surface area (Å²) in [5.74, 6) is 0.317. The van der Waals surface area contributed by atoms with Gasteiger partial charge in [0.1, 0.15) is 17.6 Å². The predicted molar refractivity (Wildman–Crippen MR) is 114 cm³/mol. The van der Waals surface area contributed by atoms with E-state index in [2.05, 4.69) is 46.0 Å². The van der Waals surface area contributed by atoms with Crippen LogP contribution in [0.3, 0.4) is 0 Å². The Morgan fingerprint density at radius 1 is 0.742 bits per heavy atom. The summed E-state index contributed by atoms with van der Waals surface area (Å²) in [6.45, 7) is 2.73. The maximum atomic E-state index is 12.2. The number of alkyl halides is 3. The Balaban J connectivity index is 1.24. The van der Waals surface area contributed by atoms with Crippen molar-refractivity contribution in [1.82, 2.24) is 4.90 Å². The van der Waals surface area contributed by atoms with Gasteiger partial charge in [-0.15, -0.1) is 13.2 Å². The number of ether oxygens (including phenoxy) is 2. The zero-order chi connectivity index (χ0) is 21.7. The van der Waals surface area contributed by atoms with Crippen molar-refractivity contribution in [2.45, 2.75) is 31.9 Å². The Labute approximate surface area is 180 Å². The lowest BCUT2D eigenvalue weighted by molar-refractivity contribution is -0.274. The van der Waals surface area contributed by atoms with E-state index in [-0.39, 0.29) is 11.9 Å². The highest BCUT2D eigenvalue weighted by Gasteiger charge is 2.31. The van der Waals surface area contributed by atoms with E-state index in [1.54, 1.807) is 0 Å². The third kappa shape index (κ3) is 6.25. The standard InChI is InChI=1S/C25H24F3NO2/c26-25(27,28)31-24-12-10-22(11-13-24)30-23-14-16-29(17-15-23)18-19-6-8-21(9-7-19)20-4-2-1-3-5-20/h1-13,23H,14-18H2. The van der Waals surface area contributed by atoms with E-state index >= 15 is 0 Å². The van der Waals surface area contributed by atoms with E-state index < -0.39 is 6.36 Å². The summed E-state index contributed by atoms with van der Waals surface area (Å²) in [5.41, 5.74) is 3.70. The summed E-state index contributed by atoms with van der Waals surface area (Å²) >= 11 is 0. The lowest BCUT2D eigenvalue weighted by atomic mass is 10.0. The Morgan fingerprint density at radius 3 is 1.94 bits per heavy atom. The van der Waals surface area contributed by atoms with Crippen molar-refractivity contribution in [3.8, 4) is 22.6 Å². The molecule has 1 heterocycles. The number of likely N-dealkylation sites (tertiary alicyclic amines) is 1. The first kappa shape index (κ1) is 21.2. The molecule has 1 aliphatic rings. The maximum Gasteiger partial charge on any atom is 0.573 e. The normalized spacial score (nSPS) is 15.6. The molecule has 0 saturated carbocycles. The fourth-order valence-electron chi connectivity index (χ4n) is 3.79. The minimum absolute atomic E-state index is 0.0612. The number of halogens is 3. The van der Waals surface area contributed by atoms with Gasteiger partial charge >= 0.3 is 6.36 Å². The Hall–Kier alpha value is -2.99. The van der Waals surface area contributed by atoms with Gasteiger partial charge in [-0.1, -0.05) is 54.6 Å². The summed E-state index contributed by atoms with van der Waals surface area (Å²) in [6, 6.07) is 24.6. The predicted octanol–water partition coefficient (Wildman–Crippen LogP) is 6.30. The summed E-state index contributed by atoms with van der Waals surface area (Å²) in [4.78, 5) is 2.40. The number of benzene rings is 3. The van der Waals surface area contributed by atoms with Crippen LogP contribution in [0.2, 0.25) is 0 Å². The molecule has 1 aliphatic heterocycles. The molecule has 0 aliphatic carbocycles. The highest BCUT2D eigenvalue weighted by atomic mass is 19.4. The smallest absolute Gasteiger partial charge is 0.490 e. The summed E-state index contributed by atoms with van der Waals surface area (Å²) in [6.07, 6.45) is -2.87. The molecule has 4 rings (SSSR count). The molecule has 3 nitrogen and oxygen atoms in total. The van der Waals surface area contributed by atoms with Crippen molar-refractivity contribution < 1.29 is 22.6 Å². The van der Waals surface area contributed by atoms with E-state index in [0.717, 1.165) is 32.5 Å². The van der Waals surface area contributed by atoms with Crippen LogP contribution in [0.5, 0.6) is 11.5 Å². The largest absolute Gasteiger partial charge is 0.573 e. The molecule has 3 aromatic carbocycles. The Kier molecular flexibility index (Phi) is 6.47. The molecule has 3 aromatic rings. The van der Waals surface area contributed by atoms with Crippen LogP contribution in [0.4, 0.5) is 13.2 Å². The molecule has 6 heteroatoms. The monoisotopic (exact) mass is 427 g/mol. The van der Waals surface area contributed by atoms with Crippen LogP contribution in [0.15, 0.2) is 78.9 Å². The second kappa shape index (κ2) is 9.43. The third-order valence-electron chi connectivity index (χ3n) is 5.36. The van der Waals surface area contributed by atoms with E-state index in [4.69, 9.17) is 4.74 Å². The average molecular weight is 427 g/mol. The minimum Gasteiger partial charge on any atom is -0.490 e. The Morgan fingerprint density at radius 2 is 1.32 bits per heavy atom. The molecule has 0 spiro atoms. The van der Waals surface area contributed by atoms with E-state index in [0.29, 0.717) is 5.75 Å². The molecule has 0 aromatic heterocycles. The first-order valence-electron chi connectivity index (χ1n) is 10.3. The molecule has 0 unspecified atom stereocenters. The van der Waals surface area contributed by atoms with Crippen molar-refractivity contribution >= 4 is 0 Å². The highest BCUT2D eigenvalue weighted by Crippen LogP contribution is 2.27. The molecular formula is C25H24F3NO2. The molecule has 162 valence electrons. The summed E-state index contributed by atoms with van der Waals surface area (Å²) in [7, 11) is 0. The minimum atomic E-state index is -4.68. The fourth-order valence-corrected chi connectivity index (χ4v) is 3.79. The van der Waals surface area contributed by atoms with Gasteiger partial charge in [-0.25, -0.2) is 0 Å². The van der Waals surface area contributed by atoms with Gasteiger partial charge in [-0.3, -0.25) is 4.90 Å². The highest BCUT2D eigenvalue weighted by molar-refractivity contribution is 5.63. The Bertz CT molecular complexity index is 949. The van der Waals surface area contributed by atoms with Crippen molar-refractivity contribution in [1.29, 1.82) is 0 Å². The van der Waals surface area contributed by atoms with Crippen LogP contribution in [0.25, 0.3) is 11.1 Å². The lowest BCUT2D eigenvalue weighted by Gasteiger charge is -2.32. The second-order valence-electron chi connectivity index (χ2n) is 7.68. The quantitative estimate of drug-likeness (QED) is 0.461. The van der Waals surface area contributed by atoms with Gasteiger partial charge in [0.15, 0.2) is 0 Å². The molecule has 0 N–H and O–H groups in total. The first-order chi connectivity index (χ1) is 14.9. The van der Waals surface area contributed by atoms with Gasteiger partial charge in [0.25, 0.3) is 0 Å². The van der Waals surface area contributed by atoms with E-state index in [1.165, 1.54) is 41.0 Å². The molecular weight excluding hydrogens is 403 g/mol. The molecule has 1 saturated heterocycles. The van der Waals surface area contributed by atoms with Gasteiger partial charge in [-0.2, -0.15) is 0 Å². The van der Waals surface area contributed by atoms with Crippen LogP contribution in [-0.4, -0.2) is 30.5 Å². The van der Waals surface area contributed by atoms with Crippen LogP contribution < -0.4 is 9.47 Å². The lowest BCUT2D eigenvalue weighted by Crippen LogP contribution is -2.37. The number of hydrogen-bond donors (Lipinski definition) is 0. The molecule has 0 radical (unpaired) electrons. The van der Waals surface area contributed by atoms with Crippen LogP contribution >= 0.6 is 0 Å². The van der Waals surface area contributed by atoms with Gasteiger partial charge in [-0.05, 0) is 53.8 Å². The number of rotatable bonds is 6. The van der Waals surface area contributed by atoms with Crippen molar-refractivity contribution in [2.75, 3.05) is 13.1 Å². The maximum absolute atomic E-state index is 12.2. The zero-order valence-corrected chi connectivity index (χ0v) is 17.0. The van der Waals surface area contributed by atoms with Crippen LogP contribution in [0, 0.1) is 0 Å². The SMILES string of the molecule is FC(F)(F)Oc1ccc(OC2CCN(Cc3ccc(-c4ccccc4)cc3)CC2)cc1. The summed E-state index contributed by atoms with van der Waals surface area (Å²) in [5, 5.41) is 0. The average Bonchev–Trinajstić information content (AvgIpc) is 2.77. The fraction of sp³-hybridized carbons (Fsp3) is 0.280. The van der Waals surface area contributed by atoms with Crippen molar-refractivity contribution in [3.63, 3.8) is 0 Å². The number of nitrogens with zero attached hydrogens (tertiary/aromatic N) is 1. The van der Waals surface area contributed by atoms with E-state index in [9.17, 15) is 13.2 Å². The molecule has 31 heavy (non-hydrogen) atoms. The summed E-state index contributed by atoms with van der Waals surface area (Å²) < 4.78 is 46.6. The third-order valence-corrected chi connectivity index (χ3v) is 5.36. The molecule has 0 atom stereocenters. The van der Waals surface area contributed by atoms with Gasteiger partial charge < -0.3 is 9.47 Å². The number of hydrogen-bond acceptors (Lipinski definition) is 3. The van der Waals surface area contributed by atoms with E-state index in [1.807, 2.05) is 18.2 Å². The zero-order valence-electron chi connectivity index (χ0n) is 17.0. The first-order valence-corrected chi connectivity index (χ1v) is 10.3.